The van der Waals surface area contributed by atoms with Gasteiger partial charge in [0.25, 0.3) is 0 Å². The van der Waals surface area contributed by atoms with E-state index in [2.05, 4.69) is 24.2 Å². The number of hydrogen-bond donors (Lipinski definition) is 2. The van der Waals surface area contributed by atoms with Crippen LogP contribution in [0.4, 0.5) is 0 Å². The molecule has 4 heteroatoms. The van der Waals surface area contributed by atoms with Crippen molar-refractivity contribution in [3.8, 4) is 0 Å². The molecule has 1 aliphatic rings. The van der Waals surface area contributed by atoms with Gasteiger partial charge in [-0.25, -0.2) is 0 Å². The minimum Gasteiger partial charge on any atom is -0.355 e. The zero-order valence-corrected chi connectivity index (χ0v) is 13.5. The summed E-state index contributed by atoms with van der Waals surface area (Å²) in [5, 5.41) is 3.06. The standard InChI is InChI=1S/C16H33N3O/c1-4-5-8-11-18-16(20)13(2)19(3)15-10-7-6-9-14(15)12-17/h13-15H,4-12,17H2,1-3H3,(H,18,20). The van der Waals surface area contributed by atoms with Gasteiger partial charge in [0.15, 0.2) is 0 Å². The molecule has 4 nitrogen and oxygen atoms in total. The van der Waals surface area contributed by atoms with Gasteiger partial charge in [-0.15, -0.1) is 0 Å². The number of carbonyl (C=O) groups excluding carboxylic acids is 1. The van der Waals surface area contributed by atoms with Gasteiger partial charge in [0.05, 0.1) is 6.04 Å². The second kappa shape index (κ2) is 9.35. The highest BCUT2D eigenvalue weighted by Crippen LogP contribution is 2.28. The van der Waals surface area contributed by atoms with E-state index in [-0.39, 0.29) is 11.9 Å². The van der Waals surface area contributed by atoms with Crippen LogP contribution in [0, 0.1) is 5.92 Å². The van der Waals surface area contributed by atoms with Crippen molar-refractivity contribution in [3.05, 3.63) is 0 Å². The fourth-order valence-corrected chi connectivity index (χ4v) is 3.21. The SMILES string of the molecule is CCCCCNC(=O)C(C)N(C)C1CCCCC1CN. The van der Waals surface area contributed by atoms with E-state index in [9.17, 15) is 4.79 Å². The van der Waals surface area contributed by atoms with Gasteiger partial charge >= 0.3 is 0 Å². The zero-order valence-electron chi connectivity index (χ0n) is 13.5. The lowest BCUT2D eigenvalue weighted by Crippen LogP contribution is -2.52. The number of nitrogens with one attached hydrogen (secondary N) is 1. The number of nitrogens with zero attached hydrogens (tertiary/aromatic N) is 1. The Hall–Kier alpha value is -0.610. The highest BCUT2D eigenvalue weighted by atomic mass is 16.2. The molecule has 20 heavy (non-hydrogen) atoms. The highest BCUT2D eigenvalue weighted by molar-refractivity contribution is 5.81. The Morgan fingerprint density at radius 2 is 2.05 bits per heavy atom. The van der Waals surface area contributed by atoms with Gasteiger partial charge in [-0.2, -0.15) is 0 Å². The first kappa shape index (κ1) is 17.4. The number of likely N-dealkylation sites (N-methyl/N-ethyl adjacent to an activating group) is 1. The predicted molar refractivity (Wildman–Crippen MR) is 84.6 cm³/mol. The minimum atomic E-state index is -0.0613. The molecule has 0 radical (unpaired) electrons. The second-order valence-electron chi connectivity index (χ2n) is 6.19. The molecule has 0 bridgehead atoms. The third kappa shape index (κ3) is 5.06. The van der Waals surface area contributed by atoms with Crippen LogP contribution < -0.4 is 11.1 Å². The van der Waals surface area contributed by atoms with Crippen molar-refractivity contribution in [2.24, 2.45) is 11.7 Å². The molecule has 1 rings (SSSR count). The third-order valence-electron chi connectivity index (χ3n) is 4.76. The first-order chi connectivity index (χ1) is 9.61. The normalized spacial score (nSPS) is 24.6. The van der Waals surface area contributed by atoms with Crippen LogP contribution in [0.5, 0.6) is 0 Å². The van der Waals surface area contributed by atoms with Crippen LogP contribution in [-0.2, 0) is 4.79 Å². The van der Waals surface area contributed by atoms with Crippen LogP contribution in [0.25, 0.3) is 0 Å². The van der Waals surface area contributed by atoms with Gasteiger partial charge in [0.2, 0.25) is 5.91 Å². The van der Waals surface area contributed by atoms with Crippen molar-refractivity contribution in [3.63, 3.8) is 0 Å². The van der Waals surface area contributed by atoms with Crippen molar-refractivity contribution in [2.45, 2.75) is 70.9 Å². The van der Waals surface area contributed by atoms with Crippen molar-refractivity contribution in [2.75, 3.05) is 20.1 Å². The van der Waals surface area contributed by atoms with Crippen molar-refractivity contribution in [1.29, 1.82) is 0 Å². The van der Waals surface area contributed by atoms with E-state index in [1.807, 2.05) is 6.92 Å². The number of amides is 1. The van der Waals surface area contributed by atoms with Gasteiger partial charge in [-0.05, 0) is 45.7 Å². The topological polar surface area (TPSA) is 58.4 Å². The molecule has 1 fully saturated rings. The fraction of sp³-hybridized carbons (Fsp3) is 0.938. The number of unbranched alkanes of at least 4 members (excludes halogenated alkanes) is 2. The van der Waals surface area contributed by atoms with Gasteiger partial charge in [0, 0.05) is 12.6 Å². The van der Waals surface area contributed by atoms with E-state index in [0.717, 1.165) is 19.5 Å². The van der Waals surface area contributed by atoms with Crippen molar-refractivity contribution < 1.29 is 4.79 Å². The average Bonchev–Trinajstić information content (AvgIpc) is 2.49. The van der Waals surface area contributed by atoms with Crippen molar-refractivity contribution in [1.82, 2.24) is 10.2 Å². The molecule has 3 unspecified atom stereocenters. The molecular weight excluding hydrogens is 250 g/mol. The molecule has 0 aromatic rings. The molecule has 0 aromatic heterocycles. The van der Waals surface area contributed by atoms with Crippen LogP contribution in [0.1, 0.15) is 58.8 Å². The summed E-state index contributed by atoms with van der Waals surface area (Å²) in [6.07, 6.45) is 8.36. The van der Waals surface area contributed by atoms with E-state index in [4.69, 9.17) is 5.73 Å². The van der Waals surface area contributed by atoms with Crippen LogP contribution >= 0.6 is 0 Å². The average molecular weight is 283 g/mol. The van der Waals surface area contributed by atoms with E-state index >= 15 is 0 Å². The lowest BCUT2D eigenvalue weighted by atomic mass is 9.83. The van der Waals surface area contributed by atoms with E-state index in [1.165, 1.54) is 38.5 Å². The maximum Gasteiger partial charge on any atom is 0.237 e. The lowest BCUT2D eigenvalue weighted by Gasteiger charge is -2.40. The van der Waals surface area contributed by atoms with Crippen LogP contribution in [0.2, 0.25) is 0 Å². The lowest BCUT2D eigenvalue weighted by molar-refractivity contribution is -0.126. The van der Waals surface area contributed by atoms with E-state index in [0.29, 0.717) is 12.0 Å². The van der Waals surface area contributed by atoms with E-state index < -0.39 is 0 Å². The molecule has 3 atom stereocenters. The maximum absolute atomic E-state index is 12.2. The second-order valence-corrected chi connectivity index (χ2v) is 6.19. The first-order valence-corrected chi connectivity index (χ1v) is 8.31. The molecule has 0 heterocycles. The zero-order chi connectivity index (χ0) is 15.0. The Balaban J connectivity index is 2.43. The first-order valence-electron chi connectivity index (χ1n) is 8.31. The Bertz CT molecular complexity index is 283. The Kier molecular flexibility index (Phi) is 8.15. The molecule has 1 aliphatic carbocycles. The summed E-state index contributed by atoms with van der Waals surface area (Å²) in [7, 11) is 2.08. The molecule has 118 valence electrons. The quantitative estimate of drug-likeness (QED) is 0.671. The summed E-state index contributed by atoms with van der Waals surface area (Å²) >= 11 is 0. The van der Waals surface area contributed by atoms with Crippen LogP contribution in [0.3, 0.4) is 0 Å². The largest absolute Gasteiger partial charge is 0.355 e. The van der Waals surface area contributed by atoms with Crippen molar-refractivity contribution >= 4 is 5.91 Å². The van der Waals surface area contributed by atoms with Gasteiger partial charge in [-0.1, -0.05) is 32.6 Å². The summed E-state index contributed by atoms with van der Waals surface area (Å²) < 4.78 is 0. The maximum atomic E-state index is 12.2. The summed E-state index contributed by atoms with van der Waals surface area (Å²) in [5.41, 5.74) is 5.89. The molecule has 1 saturated carbocycles. The third-order valence-corrected chi connectivity index (χ3v) is 4.76. The molecule has 1 amide bonds. The van der Waals surface area contributed by atoms with Gasteiger partial charge in [-0.3, -0.25) is 9.69 Å². The number of nitrogens with two attached hydrogens (primary N) is 1. The highest BCUT2D eigenvalue weighted by Gasteiger charge is 2.31. The smallest absolute Gasteiger partial charge is 0.237 e. The Labute approximate surface area is 124 Å². The molecule has 3 N–H and O–H groups in total. The number of hydrogen-bond acceptors (Lipinski definition) is 3. The molecule has 0 saturated heterocycles. The number of rotatable bonds is 8. The van der Waals surface area contributed by atoms with Crippen LogP contribution in [0.15, 0.2) is 0 Å². The molecular formula is C16H33N3O. The predicted octanol–water partition coefficient (Wildman–Crippen LogP) is 2.13. The number of carbonyl (C=O) groups is 1. The Morgan fingerprint density at radius 1 is 1.35 bits per heavy atom. The Morgan fingerprint density at radius 3 is 2.70 bits per heavy atom. The summed E-state index contributed by atoms with van der Waals surface area (Å²) in [6.45, 7) is 5.72. The monoisotopic (exact) mass is 283 g/mol. The fourth-order valence-electron chi connectivity index (χ4n) is 3.21. The van der Waals surface area contributed by atoms with Gasteiger partial charge in [0.1, 0.15) is 0 Å². The van der Waals surface area contributed by atoms with E-state index in [1.54, 1.807) is 0 Å². The molecule has 0 spiro atoms. The van der Waals surface area contributed by atoms with Gasteiger partial charge < -0.3 is 11.1 Å². The summed E-state index contributed by atoms with van der Waals surface area (Å²) in [4.78, 5) is 14.4. The molecule has 0 aliphatic heterocycles. The van der Waals surface area contributed by atoms with Crippen LogP contribution in [-0.4, -0.2) is 43.0 Å². The summed E-state index contributed by atoms with van der Waals surface area (Å²) in [5.74, 6) is 0.703. The minimum absolute atomic E-state index is 0.0613. The summed E-state index contributed by atoms with van der Waals surface area (Å²) in [6, 6.07) is 0.402. The molecule has 0 aromatic carbocycles.